The third-order valence-corrected chi connectivity index (χ3v) is 9.10. The van der Waals surface area contributed by atoms with Crippen molar-refractivity contribution in [1.82, 2.24) is 0 Å². The molecule has 1 heterocycles. The molecule has 1 aromatic carbocycles. The Balaban J connectivity index is 2.03. The third kappa shape index (κ3) is 4.33. The first-order valence-corrected chi connectivity index (χ1v) is 11.7. The number of hydrogen-bond donors (Lipinski definition) is 0. The van der Waals surface area contributed by atoms with Crippen LogP contribution in [0.25, 0.3) is 0 Å². The largest absolute Gasteiger partial charge is 0.649 e. The molecule has 1 aliphatic rings. The lowest BCUT2D eigenvalue weighted by Gasteiger charge is -2.21. The van der Waals surface area contributed by atoms with Crippen molar-refractivity contribution in [3.8, 4) is 5.75 Å². The predicted octanol–water partition coefficient (Wildman–Crippen LogP) is 2.52. The van der Waals surface area contributed by atoms with Gasteiger partial charge in [-0.2, -0.15) is 0 Å². The monoisotopic (exact) mass is 262 g/mol. The summed E-state index contributed by atoms with van der Waals surface area (Å²) in [4.78, 5) is 0. The number of benzene rings is 1. The first kappa shape index (κ1) is 13.5. The van der Waals surface area contributed by atoms with Crippen LogP contribution in [0.2, 0.25) is 5.28 Å². The number of rotatable bonds is 4. The summed E-state index contributed by atoms with van der Waals surface area (Å²) in [6.07, 6.45) is 2.32. The molecule has 0 saturated carbocycles. The molecule has 0 spiro atoms. The van der Waals surface area contributed by atoms with Gasteiger partial charge in [-0.1, -0.05) is 37.3 Å². The van der Waals surface area contributed by atoms with Gasteiger partial charge in [0.2, 0.25) is 0 Å². The normalized spacial score (nSPS) is 15.8. The number of hydrogen-bond acceptors (Lipinski definition) is 2. The first-order valence-electron chi connectivity index (χ1n) is 6.58. The van der Waals surface area contributed by atoms with Crippen LogP contribution in [0.1, 0.15) is 25.8 Å². The Morgan fingerprint density at radius 3 is 2.94 bits per heavy atom. The average Bonchev–Trinajstić information content (AvgIpc) is 2.32. The molecule has 2 nitrogen and oxygen atoms in total. The van der Waals surface area contributed by atoms with E-state index in [1.165, 1.54) is 17.3 Å². The van der Waals surface area contributed by atoms with Crippen LogP contribution in [0.4, 0.5) is 0 Å². The maximum Gasteiger partial charge on any atom is 0.495 e. The zero-order valence-corrected chi connectivity index (χ0v) is 13.4. The lowest BCUT2D eigenvalue weighted by molar-refractivity contribution is 0.327. The molecule has 17 heavy (non-hydrogen) atoms. The van der Waals surface area contributed by atoms with E-state index in [0.717, 1.165) is 18.8 Å². The SMILES string of the molecule is CC(C)Cc1ccccc1[O][Al]1[CH2]CC[O][AlH]1. The summed E-state index contributed by atoms with van der Waals surface area (Å²) in [6, 6.07) is 8.53. The van der Waals surface area contributed by atoms with Crippen LogP contribution < -0.4 is 3.79 Å². The van der Waals surface area contributed by atoms with Gasteiger partial charge in [0, 0.05) is 6.61 Å². The molecule has 90 valence electrons. The topological polar surface area (TPSA) is 18.5 Å². The standard InChI is InChI=1S/C10H14O.C3H6O.2Al.H/c1-8(2)7-9-5-3-4-6-10(9)11;1-2-3-4;;;/h3-6,8,11H,7H2,1-2H3;1-3H2;;;/q;-1;2*+1;/p-1. The molecule has 1 aromatic rings. The van der Waals surface area contributed by atoms with Crippen LogP contribution in [0.5, 0.6) is 5.75 Å². The molecule has 2 rings (SSSR count). The molecule has 0 aliphatic carbocycles. The van der Waals surface area contributed by atoms with Gasteiger partial charge in [0.1, 0.15) is 0 Å². The summed E-state index contributed by atoms with van der Waals surface area (Å²) in [5.41, 5.74) is 1.37. The zero-order chi connectivity index (χ0) is 12.1. The van der Waals surface area contributed by atoms with Crippen molar-refractivity contribution in [3.05, 3.63) is 29.8 Å². The van der Waals surface area contributed by atoms with Crippen LogP contribution >= 0.6 is 0 Å². The van der Waals surface area contributed by atoms with Gasteiger partial charge in [0.15, 0.2) is 0 Å². The molecule has 0 atom stereocenters. The van der Waals surface area contributed by atoms with E-state index in [0.29, 0.717) is 5.92 Å². The minimum Gasteiger partial charge on any atom is -0.649 e. The molecule has 1 aliphatic heterocycles. The van der Waals surface area contributed by atoms with Crippen molar-refractivity contribution in [3.63, 3.8) is 0 Å². The van der Waals surface area contributed by atoms with Gasteiger partial charge >= 0.3 is 26.2 Å². The third-order valence-electron chi connectivity index (χ3n) is 3.01. The molecule has 0 aromatic heterocycles. The van der Waals surface area contributed by atoms with Gasteiger partial charge in [0.25, 0.3) is 0 Å². The van der Waals surface area contributed by atoms with E-state index >= 15 is 0 Å². The van der Waals surface area contributed by atoms with Crippen LogP contribution in [-0.4, -0.2) is 32.8 Å². The van der Waals surface area contributed by atoms with Gasteiger partial charge in [-0.05, 0) is 30.4 Å². The van der Waals surface area contributed by atoms with E-state index in [4.69, 9.17) is 7.58 Å². The summed E-state index contributed by atoms with van der Waals surface area (Å²) in [5, 5.41) is 1.31. The highest BCUT2D eigenvalue weighted by Gasteiger charge is 2.30. The molecule has 0 amide bonds. The van der Waals surface area contributed by atoms with Gasteiger partial charge in [-0.25, -0.2) is 0 Å². The summed E-state index contributed by atoms with van der Waals surface area (Å²) in [5.74, 6) is 1.82. The average molecular weight is 262 g/mol. The van der Waals surface area contributed by atoms with Gasteiger partial charge in [-0.15, -0.1) is 0 Å². The Bertz CT molecular complexity index is 349. The molecule has 1 saturated heterocycles. The van der Waals surface area contributed by atoms with Crippen molar-refractivity contribution in [2.45, 2.75) is 32.0 Å². The highest BCUT2D eigenvalue weighted by molar-refractivity contribution is 7.06. The molecule has 0 bridgehead atoms. The van der Waals surface area contributed by atoms with Crippen LogP contribution in [0, 0.1) is 5.92 Å². The van der Waals surface area contributed by atoms with Gasteiger partial charge < -0.3 is 7.58 Å². The van der Waals surface area contributed by atoms with E-state index < -0.39 is 12.6 Å². The van der Waals surface area contributed by atoms with Crippen molar-refractivity contribution >= 4 is 26.2 Å². The van der Waals surface area contributed by atoms with Crippen LogP contribution in [0.3, 0.4) is 0 Å². The van der Waals surface area contributed by atoms with E-state index in [9.17, 15) is 0 Å². The van der Waals surface area contributed by atoms with Crippen molar-refractivity contribution in [1.29, 1.82) is 0 Å². The van der Waals surface area contributed by atoms with Gasteiger partial charge in [0.05, 0.1) is 5.75 Å². The summed E-state index contributed by atoms with van der Waals surface area (Å²) in [7, 11) is 0. The zero-order valence-electron chi connectivity index (χ0n) is 10.8. The Morgan fingerprint density at radius 1 is 1.41 bits per heavy atom. The highest BCUT2D eigenvalue weighted by atomic mass is 28.1. The Hall–Kier alpha value is 0.0449. The predicted molar refractivity (Wildman–Crippen MR) is 73.9 cm³/mol. The fraction of sp³-hybridized carbons (Fsp3) is 0.538. The van der Waals surface area contributed by atoms with E-state index in [1.807, 2.05) is 0 Å². The molecular weight excluding hydrogens is 242 g/mol. The Kier molecular flexibility index (Phi) is 5.42. The van der Waals surface area contributed by atoms with Crippen molar-refractivity contribution in [2.24, 2.45) is 5.92 Å². The molecule has 0 radical (unpaired) electrons. The Morgan fingerprint density at radius 2 is 2.24 bits per heavy atom. The fourth-order valence-corrected chi connectivity index (χ4v) is 7.81. The smallest absolute Gasteiger partial charge is 0.495 e. The molecule has 0 N–H and O–H groups in total. The maximum atomic E-state index is 6.26. The summed E-state index contributed by atoms with van der Waals surface area (Å²) < 4.78 is 11.9. The highest BCUT2D eigenvalue weighted by Crippen LogP contribution is 2.23. The first-order chi connectivity index (χ1) is 8.25. The van der Waals surface area contributed by atoms with Crippen LogP contribution in [0.15, 0.2) is 24.3 Å². The van der Waals surface area contributed by atoms with Crippen molar-refractivity contribution < 1.29 is 7.58 Å². The maximum absolute atomic E-state index is 6.26. The summed E-state index contributed by atoms with van der Waals surface area (Å²) >= 11 is -1.36. The quantitative estimate of drug-likeness (QED) is 0.776. The van der Waals surface area contributed by atoms with E-state index in [2.05, 4.69) is 38.1 Å². The molecule has 1 fully saturated rings. The molecule has 4 heteroatoms. The second-order valence-corrected chi connectivity index (χ2v) is 11.7. The molecule has 0 unspecified atom stereocenters. The lowest BCUT2D eigenvalue weighted by atomic mass is 10.0. The van der Waals surface area contributed by atoms with E-state index in [1.54, 1.807) is 0 Å². The second kappa shape index (κ2) is 6.84. The number of para-hydroxylation sites is 1. The van der Waals surface area contributed by atoms with Crippen molar-refractivity contribution in [2.75, 3.05) is 6.61 Å². The van der Waals surface area contributed by atoms with Crippen LogP contribution in [-0.2, 0) is 10.2 Å². The van der Waals surface area contributed by atoms with E-state index in [-0.39, 0.29) is 13.6 Å². The fourth-order valence-electron chi connectivity index (χ4n) is 2.21. The molecular formula is C13H20Al2O2. The minimum atomic E-state index is -1.01. The van der Waals surface area contributed by atoms with Gasteiger partial charge in [-0.3, -0.25) is 0 Å². The lowest BCUT2D eigenvalue weighted by Crippen LogP contribution is -2.36. The minimum absolute atomic E-state index is 0.348. The second-order valence-electron chi connectivity index (χ2n) is 5.16. The summed E-state index contributed by atoms with van der Waals surface area (Å²) in [6.45, 7) is 5.49. The Labute approximate surface area is 114 Å².